The van der Waals surface area contributed by atoms with Crippen LogP contribution in [0.1, 0.15) is 65.2 Å². The van der Waals surface area contributed by atoms with E-state index in [9.17, 15) is 14.4 Å². The average Bonchev–Trinajstić information content (AvgIpc) is 3.45. The lowest BCUT2D eigenvalue weighted by Crippen LogP contribution is -2.58. The molecule has 3 aliphatic heterocycles. The number of likely N-dealkylation sites (tertiary alicyclic amines) is 1. The molecule has 3 rings (SSSR count). The van der Waals surface area contributed by atoms with Gasteiger partial charge in [0.2, 0.25) is 11.8 Å². The van der Waals surface area contributed by atoms with Crippen molar-refractivity contribution < 1.29 is 29.0 Å². The van der Waals surface area contributed by atoms with Crippen LogP contribution in [0, 0.1) is 11.8 Å². The molecule has 7 atom stereocenters. The zero-order valence-corrected chi connectivity index (χ0v) is 23.9. The quantitative estimate of drug-likeness (QED) is 0.129. The van der Waals surface area contributed by atoms with Crippen molar-refractivity contribution in [3.8, 4) is 0 Å². The van der Waals surface area contributed by atoms with Gasteiger partial charge in [-0.15, -0.1) is 13.2 Å². The fourth-order valence-electron chi connectivity index (χ4n) is 6.36. The van der Waals surface area contributed by atoms with Gasteiger partial charge in [0.25, 0.3) is 0 Å². The fraction of sp³-hybridized carbons (Fsp3) is 0.750. The highest BCUT2D eigenvalue weighted by Gasteiger charge is 2.77. The lowest BCUT2D eigenvalue weighted by Gasteiger charge is -2.39. The maximum Gasteiger partial charge on any atom is 0.312 e. The van der Waals surface area contributed by atoms with Gasteiger partial charge in [0.1, 0.15) is 11.6 Å². The van der Waals surface area contributed by atoms with Crippen LogP contribution in [0.25, 0.3) is 0 Å². The Balaban J connectivity index is 1.96. The summed E-state index contributed by atoms with van der Waals surface area (Å²) in [6.45, 7) is 12.8. The monoisotopic (exact) mass is 582 g/mol. The van der Waals surface area contributed by atoms with E-state index in [-0.39, 0.29) is 35.9 Å². The highest BCUT2D eigenvalue weighted by atomic mass is 79.9. The van der Waals surface area contributed by atoms with Gasteiger partial charge in [0, 0.05) is 30.6 Å². The number of carbonyl (C=O) groups excluding carboxylic acids is 3. The highest BCUT2D eigenvalue weighted by Crippen LogP contribution is 2.60. The van der Waals surface area contributed by atoms with E-state index >= 15 is 0 Å². The Bertz CT molecular complexity index is 853. The molecule has 1 N–H and O–H groups in total. The number of carbonyl (C=O) groups is 3. The van der Waals surface area contributed by atoms with Gasteiger partial charge in [0.15, 0.2) is 0 Å². The first-order chi connectivity index (χ1) is 17.8. The highest BCUT2D eigenvalue weighted by molar-refractivity contribution is 9.09. The van der Waals surface area contributed by atoms with E-state index in [0.717, 1.165) is 25.7 Å². The standard InChI is InChI=1S/C28H43BrN2O6/c1-5-8-17-36-27(35)21-22-25(33)31(15-11-9-10-12-16-32)24(28(22)18-20(29)23(21)37-28)26(34)30(14-7-3)19(4)13-6-2/h5,7,19-24,32H,1,3,6,8-18H2,2,4H3/t19?,20?,21-,22+,23-,24?,28?/m1/s1. The molecule has 8 nitrogen and oxygen atoms in total. The van der Waals surface area contributed by atoms with Crippen LogP contribution in [0.5, 0.6) is 0 Å². The summed E-state index contributed by atoms with van der Waals surface area (Å²) in [7, 11) is 0. The number of nitrogens with zero attached hydrogens (tertiary/aromatic N) is 2. The predicted octanol–water partition coefficient (Wildman–Crippen LogP) is 3.61. The molecule has 1 spiro atoms. The summed E-state index contributed by atoms with van der Waals surface area (Å²) in [5.41, 5.74) is -1.08. The van der Waals surface area contributed by atoms with Crippen LogP contribution in [-0.4, -0.2) is 87.6 Å². The number of hydrogen-bond donors (Lipinski definition) is 1. The number of unbranched alkanes of at least 4 members (excludes halogenated alkanes) is 3. The molecule has 3 aliphatic rings. The Morgan fingerprint density at radius 3 is 2.68 bits per heavy atom. The van der Waals surface area contributed by atoms with E-state index in [2.05, 4.69) is 36.0 Å². The van der Waals surface area contributed by atoms with E-state index in [0.29, 0.717) is 38.8 Å². The topological polar surface area (TPSA) is 96.4 Å². The van der Waals surface area contributed by atoms with Gasteiger partial charge in [0.05, 0.1) is 24.5 Å². The molecule has 0 aromatic carbocycles. The Hall–Kier alpha value is -1.71. The van der Waals surface area contributed by atoms with Gasteiger partial charge in [-0.05, 0) is 39.0 Å². The first kappa shape index (κ1) is 29.8. The number of ether oxygens (including phenoxy) is 2. The number of esters is 1. The van der Waals surface area contributed by atoms with E-state index in [1.807, 2.05) is 6.92 Å². The van der Waals surface area contributed by atoms with Crippen molar-refractivity contribution in [1.82, 2.24) is 9.80 Å². The maximum atomic E-state index is 14.3. The molecule has 3 saturated heterocycles. The first-order valence-corrected chi connectivity index (χ1v) is 14.6. The number of hydrogen-bond acceptors (Lipinski definition) is 6. The molecular formula is C28H43BrN2O6. The number of aliphatic hydroxyl groups is 1. The molecular weight excluding hydrogens is 540 g/mol. The van der Waals surface area contributed by atoms with Crippen LogP contribution in [0.4, 0.5) is 0 Å². The molecule has 2 bridgehead atoms. The minimum atomic E-state index is -1.08. The molecule has 3 heterocycles. The van der Waals surface area contributed by atoms with E-state index in [4.69, 9.17) is 14.6 Å². The number of halogens is 1. The molecule has 0 radical (unpaired) electrons. The van der Waals surface area contributed by atoms with Gasteiger partial charge in [-0.25, -0.2) is 0 Å². The summed E-state index contributed by atoms with van der Waals surface area (Å²) < 4.78 is 12.1. The molecule has 4 unspecified atom stereocenters. The van der Waals surface area contributed by atoms with Gasteiger partial charge >= 0.3 is 5.97 Å². The summed E-state index contributed by atoms with van der Waals surface area (Å²) in [6, 6.07) is -0.830. The molecule has 0 aromatic heterocycles. The number of amides is 2. The molecule has 0 saturated carbocycles. The first-order valence-electron chi connectivity index (χ1n) is 13.7. The van der Waals surface area contributed by atoms with Crippen molar-refractivity contribution in [3.05, 3.63) is 25.3 Å². The van der Waals surface area contributed by atoms with Crippen molar-refractivity contribution >= 4 is 33.7 Å². The van der Waals surface area contributed by atoms with Crippen LogP contribution >= 0.6 is 15.9 Å². The molecule has 37 heavy (non-hydrogen) atoms. The lowest BCUT2D eigenvalue weighted by molar-refractivity contribution is -0.155. The van der Waals surface area contributed by atoms with Gasteiger partial charge in [-0.2, -0.15) is 0 Å². The van der Waals surface area contributed by atoms with Gasteiger partial charge in [-0.3, -0.25) is 14.4 Å². The smallest absolute Gasteiger partial charge is 0.312 e. The minimum Gasteiger partial charge on any atom is -0.465 e. The van der Waals surface area contributed by atoms with Crippen LogP contribution in [-0.2, 0) is 23.9 Å². The average molecular weight is 584 g/mol. The maximum absolute atomic E-state index is 14.3. The van der Waals surface area contributed by atoms with Crippen LogP contribution in [0.2, 0.25) is 0 Å². The number of rotatable bonds is 16. The van der Waals surface area contributed by atoms with Crippen LogP contribution in [0.3, 0.4) is 0 Å². The summed E-state index contributed by atoms with van der Waals surface area (Å²) in [6.07, 6.45) is 8.74. The summed E-state index contributed by atoms with van der Waals surface area (Å²) in [4.78, 5) is 44.8. The zero-order chi connectivity index (χ0) is 27.2. The SMILES string of the molecule is C=CCCOC(=O)[C@H]1[C@@H]2OC3(CC2Br)C(C(=O)N(CC=C)C(C)CCC)N(CCCCCCO)C(=O)[C@H]13. The Morgan fingerprint density at radius 1 is 1.30 bits per heavy atom. The molecule has 0 aliphatic carbocycles. The Kier molecular flexibility index (Phi) is 10.8. The van der Waals surface area contributed by atoms with E-state index in [1.54, 1.807) is 22.0 Å². The van der Waals surface area contributed by atoms with Crippen LogP contribution in [0.15, 0.2) is 25.3 Å². The summed E-state index contributed by atoms with van der Waals surface area (Å²) in [5, 5.41) is 9.11. The normalized spacial score (nSPS) is 30.8. The Morgan fingerprint density at radius 2 is 2.03 bits per heavy atom. The second-order valence-corrected chi connectivity index (χ2v) is 11.7. The fourth-order valence-corrected chi connectivity index (χ4v) is 7.30. The summed E-state index contributed by atoms with van der Waals surface area (Å²) >= 11 is 3.69. The third-order valence-electron chi connectivity index (χ3n) is 8.02. The van der Waals surface area contributed by atoms with Crippen molar-refractivity contribution in [1.29, 1.82) is 0 Å². The summed E-state index contributed by atoms with van der Waals surface area (Å²) in [5.74, 6) is -2.30. The molecule has 2 amide bonds. The van der Waals surface area contributed by atoms with E-state index in [1.165, 1.54) is 0 Å². The molecule has 9 heteroatoms. The lowest BCUT2D eigenvalue weighted by atomic mass is 9.70. The third-order valence-corrected chi connectivity index (χ3v) is 8.86. The second-order valence-electron chi connectivity index (χ2n) is 10.5. The van der Waals surface area contributed by atoms with Crippen molar-refractivity contribution in [2.24, 2.45) is 11.8 Å². The van der Waals surface area contributed by atoms with Gasteiger partial charge in [-0.1, -0.05) is 54.3 Å². The predicted molar refractivity (Wildman–Crippen MR) is 145 cm³/mol. The minimum absolute atomic E-state index is 0.0227. The second kappa shape index (κ2) is 13.4. The Labute approximate surface area is 229 Å². The molecule has 3 fully saturated rings. The number of aliphatic hydroxyl groups excluding tert-OH is 1. The van der Waals surface area contributed by atoms with Crippen molar-refractivity contribution in [2.75, 3.05) is 26.3 Å². The zero-order valence-electron chi connectivity index (χ0n) is 22.3. The van der Waals surface area contributed by atoms with Crippen molar-refractivity contribution in [2.45, 2.75) is 93.8 Å². The van der Waals surface area contributed by atoms with Gasteiger partial charge < -0.3 is 24.4 Å². The largest absolute Gasteiger partial charge is 0.465 e. The number of alkyl halides is 1. The number of fused-ring (bicyclic) bond motifs is 1. The molecule has 208 valence electrons. The third kappa shape index (κ3) is 5.83. The van der Waals surface area contributed by atoms with Crippen LogP contribution < -0.4 is 0 Å². The van der Waals surface area contributed by atoms with E-state index < -0.39 is 35.6 Å². The molecule has 0 aromatic rings. The van der Waals surface area contributed by atoms with Crippen molar-refractivity contribution in [3.63, 3.8) is 0 Å².